The highest BCUT2D eigenvalue weighted by molar-refractivity contribution is 7.13. The molecule has 1 amide bonds. The van der Waals surface area contributed by atoms with Crippen LogP contribution in [0, 0.1) is 0 Å². The lowest BCUT2D eigenvalue weighted by atomic mass is 10.0. The van der Waals surface area contributed by atoms with Gasteiger partial charge in [0.15, 0.2) is 0 Å². The van der Waals surface area contributed by atoms with Crippen molar-refractivity contribution in [3.63, 3.8) is 0 Å². The van der Waals surface area contributed by atoms with Gasteiger partial charge in [0.1, 0.15) is 5.69 Å². The second-order valence-corrected chi connectivity index (χ2v) is 8.46. The number of benzene rings is 1. The average Bonchev–Trinajstić information content (AvgIpc) is 3.42. The maximum atomic E-state index is 12.8. The fourth-order valence-corrected chi connectivity index (χ4v) is 4.40. The second-order valence-electron chi connectivity index (χ2n) is 7.51. The van der Waals surface area contributed by atoms with Gasteiger partial charge in [-0.25, -0.2) is 4.68 Å². The third-order valence-electron chi connectivity index (χ3n) is 5.51. The second kappa shape index (κ2) is 8.76. The first-order valence-electron chi connectivity index (χ1n) is 9.94. The number of carbonyl (C=O) groups is 1. The van der Waals surface area contributed by atoms with Gasteiger partial charge in [-0.05, 0) is 62.6 Å². The van der Waals surface area contributed by atoms with Crippen LogP contribution in [0.5, 0.6) is 0 Å². The molecule has 0 bridgehead atoms. The number of rotatable bonds is 5. The Morgan fingerprint density at radius 1 is 1.17 bits per heavy atom. The molecule has 0 radical (unpaired) electrons. The summed E-state index contributed by atoms with van der Waals surface area (Å²) >= 11 is 1.65. The molecule has 3 aromatic rings. The van der Waals surface area contributed by atoms with E-state index in [-0.39, 0.29) is 5.91 Å². The number of nitrogens with zero attached hydrogens (tertiary/aromatic N) is 4. The standard InChI is InChI=1S/C23H26N4OS/c1-25-14-12-19(13-15-25)26(2)22(28)11-10-18-17-27(20-7-4-3-5-8-20)24-23(18)21-9-6-16-29-21/h3-11,16-17,19H,12-15H2,1-2H3. The van der Waals surface area contributed by atoms with Crippen LogP contribution in [0.25, 0.3) is 22.3 Å². The normalized spacial score (nSPS) is 15.8. The molecule has 1 aliphatic rings. The van der Waals surface area contributed by atoms with Crippen LogP contribution < -0.4 is 0 Å². The first kappa shape index (κ1) is 19.6. The van der Waals surface area contributed by atoms with Gasteiger partial charge < -0.3 is 9.80 Å². The van der Waals surface area contributed by atoms with Gasteiger partial charge in [0, 0.05) is 30.9 Å². The van der Waals surface area contributed by atoms with E-state index in [1.54, 1.807) is 17.4 Å². The van der Waals surface area contributed by atoms with Crippen molar-refractivity contribution in [2.24, 2.45) is 0 Å². The fourth-order valence-electron chi connectivity index (χ4n) is 3.67. The van der Waals surface area contributed by atoms with Gasteiger partial charge in [0.25, 0.3) is 0 Å². The number of likely N-dealkylation sites (tertiary alicyclic amines) is 1. The molecule has 3 heterocycles. The highest BCUT2D eigenvalue weighted by Crippen LogP contribution is 2.28. The molecule has 5 nitrogen and oxygen atoms in total. The number of hydrogen-bond acceptors (Lipinski definition) is 4. The minimum absolute atomic E-state index is 0.0455. The van der Waals surface area contributed by atoms with Crippen LogP contribution >= 0.6 is 11.3 Å². The van der Waals surface area contributed by atoms with E-state index in [2.05, 4.69) is 18.0 Å². The van der Waals surface area contributed by atoms with Crippen LogP contribution in [0.4, 0.5) is 0 Å². The van der Waals surface area contributed by atoms with E-state index in [9.17, 15) is 4.79 Å². The van der Waals surface area contributed by atoms with Crippen LogP contribution in [-0.4, -0.2) is 58.7 Å². The summed E-state index contributed by atoms with van der Waals surface area (Å²) in [6, 6.07) is 14.4. The summed E-state index contributed by atoms with van der Waals surface area (Å²) in [6.07, 6.45) is 7.62. The van der Waals surface area contributed by atoms with Crippen LogP contribution in [0.2, 0.25) is 0 Å². The molecule has 0 spiro atoms. The molecule has 4 rings (SSSR count). The van der Waals surface area contributed by atoms with E-state index >= 15 is 0 Å². The zero-order valence-electron chi connectivity index (χ0n) is 16.9. The monoisotopic (exact) mass is 406 g/mol. The number of aromatic nitrogens is 2. The number of likely N-dealkylation sites (N-methyl/N-ethyl adjacent to an activating group) is 1. The summed E-state index contributed by atoms with van der Waals surface area (Å²) in [4.78, 5) is 18.1. The highest BCUT2D eigenvalue weighted by atomic mass is 32.1. The third-order valence-corrected chi connectivity index (χ3v) is 6.38. The van der Waals surface area contributed by atoms with E-state index in [1.165, 1.54) is 0 Å². The van der Waals surface area contributed by atoms with E-state index in [1.807, 2.05) is 70.7 Å². The Kier molecular flexibility index (Phi) is 5.92. The Morgan fingerprint density at radius 2 is 1.93 bits per heavy atom. The van der Waals surface area contributed by atoms with Crippen LogP contribution in [0.1, 0.15) is 18.4 Å². The minimum Gasteiger partial charge on any atom is -0.339 e. The van der Waals surface area contributed by atoms with Gasteiger partial charge in [0.05, 0.1) is 10.6 Å². The quantitative estimate of drug-likeness (QED) is 0.597. The predicted octanol–water partition coefficient (Wildman–Crippen LogP) is 4.17. The van der Waals surface area contributed by atoms with E-state index < -0.39 is 0 Å². The number of para-hydroxylation sites is 1. The Morgan fingerprint density at radius 3 is 2.62 bits per heavy atom. The molecular formula is C23H26N4OS. The summed E-state index contributed by atoms with van der Waals surface area (Å²) in [5.74, 6) is 0.0455. The Bertz CT molecular complexity index is 970. The molecule has 1 fully saturated rings. The molecule has 29 heavy (non-hydrogen) atoms. The lowest BCUT2D eigenvalue weighted by molar-refractivity contribution is -0.127. The lowest BCUT2D eigenvalue weighted by Gasteiger charge is -2.34. The van der Waals surface area contributed by atoms with Crippen molar-refractivity contribution in [2.75, 3.05) is 27.2 Å². The molecule has 1 saturated heterocycles. The molecule has 1 aliphatic heterocycles. The molecular weight excluding hydrogens is 380 g/mol. The van der Waals surface area contributed by atoms with Gasteiger partial charge in [-0.1, -0.05) is 24.3 Å². The first-order valence-corrected chi connectivity index (χ1v) is 10.8. The minimum atomic E-state index is 0.0455. The van der Waals surface area contributed by atoms with Gasteiger partial charge in [-0.15, -0.1) is 11.3 Å². The zero-order valence-corrected chi connectivity index (χ0v) is 17.7. The smallest absolute Gasteiger partial charge is 0.246 e. The fraction of sp³-hybridized carbons (Fsp3) is 0.304. The van der Waals surface area contributed by atoms with E-state index in [4.69, 9.17) is 5.10 Å². The average molecular weight is 407 g/mol. The van der Waals surface area contributed by atoms with Gasteiger partial charge in [-0.3, -0.25) is 4.79 Å². The maximum absolute atomic E-state index is 12.8. The Hall–Kier alpha value is -2.70. The Balaban J connectivity index is 1.57. The van der Waals surface area contributed by atoms with Crippen molar-refractivity contribution >= 4 is 23.3 Å². The van der Waals surface area contributed by atoms with Crippen LogP contribution in [0.3, 0.4) is 0 Å². The van der Waals surface area contributed by atoms with Crippen molar-refractivity contribution < 1.29 is 4.79 Å². The van der Waals surface area contributed by atoms with Crippen molar-refractivity contribution in [1.82, 2.24) is 19.6 Å². The molecule has 0 unspecified atom stereocenters. The third kappa shape index (κ3) is 4.49. The highest BCUT2D eigenvalue weighted by Gasteiger charge is 2.22. The summed E-state index contributed by atoms with van der Waals surface area (Å²) < 4.78 is 1.87. The summed E-state index contributed by atoms with van der Waals surface area (Å²) in [5.41, 5.74) is 2.84. The number of piperidine rings is 1. The summed E-state index contributed by atoms with van der Waals surface area (Å²) in [7, 11) is 4.05. The molecule has 0 aliphatic carbocycles. The van der Waals surface area contributed by atoms with E-state index in [0.717, 1.165) is 47.8 Å². The number of amides is 1. The summed E-state index contributed by atoms with van der Waals surface area (Å²) in [5, 5.41) is 6.83. The van der Waals surface area contributed by atoms with Crippen molar-refractivity contribution in [3.8, 4) is 16.3 Å². The Labute approximate surface area is 175 Å². The topological polar surface area (TPSA) is 41.4 Å². The van der Waals surface area contributed by atoms with Gasteiger partial charge >= 0.3 is 0 Å². The number of hydrogen-bond donors (Lipinski definition) is 0. The predicted molar refractivity (Wildman–Crippen MR) is 119 cm³/mol. The van der Waals surface area contributed by atoms with Gasteiger partial charge in [-0.2, -0.15) is 5.10 Å². The maximum Gasteiger partial charge on any atom is 0.246 e. The molecule has 1 aromatic carbocycles. The molecule has 150 valence electrons. The van der Waals surface area contributed by atoms with Crippen molar-refractivity contribution in [3.05, 3.63) is 65.7 Å². The van der Waals surface area contributed by atoms with Crippen molar-refractivity contribution in [2.45, 2.75) is 18.9 Å². The zero-order chi connectivity index (χ0) is 20.2. The molecule has 0 atom stereocenters. The SMILES string of the molecule is CN1CCC(N(C)C(=O)C=Cc2cn(-c3ccccc3)nc2-c2cccs2)CC1. The number of carbonyl (C=O) groups excluding carboxylic acids is 1. The van der Waals surface area contributed by atoms with Crippen LogP contribution in [0.15, 0.2) is 60.1 Å². The van der Waals surface area contributed by atoms with Crippen molar-refractivity contribution in [1.29, 1.82) is 0 Å². The lowest BCUT2D eigenvalue weighted by Crippen LogP contribution is -2.43. The number of thiophene rings is 1. The van der Waals surface area contributed by atoms with Crippen LogP contribution in [-0.2, 0) is 4.79 Å². The molecule has 0 saturated carbocycles. The van der Waals surface area contributed by atoms with E-state index in [0.29, 0.717) is 6.04 Å². The van der Waals surface area contributed by atoms with Gasteiger partial charge in [0.2, 0.25) is 5.91 Å². The molecule has 6 heteroatoms. The first-order chi connectivity index (χ1) is 14.1. The molecule has 0 N–H and O–H groups in total. The summed E-state index contributed by atoms with van der Waals surface area (Å²) in [6.45, 7) is 2.08. The molecule has 2 aromatic heterocycles. The largest absolute Gasteiger partial charge is 0.339 e.